The summed E-state index contributed by atoms with van der Waals surface area (Å²) in [4.78, 5) is 10.5. The summed E-state index contributed by atoms with van der Waals surface area (Å²) in [6, 6.07) is 3.34. The van der Waals surface area contributed by atoms with Crippen LogP contribution >= 0.6 is 24.0 Å². The Bertz CT molecular complexity index is 534. The van der Waals surface area contributed by atoms with Crippen molar-refractivity contribution in [3.8, 4) is 5.88 Å². The molecule has 24 heavy (non-hydrogen) atoms. The molecule has 1 aliphatic rings. The number of alkyl halides is 3. The van der Waals surface area contributed by atoms with Crippen LogP contribution in [-0.2, 0) is 6.54 Å². The van der Waals surface area contributed by atoms with Gasteiger partial charge in [-0.3, -0.25) is 0 Å². The largest absolute Gasteiger partial charge is 0.468 e. The molecule has 1 saturated heterocycles. The quantitative estimate of drug-likeness (QED) is 0.419. The highest BCUT2D eigenvalue weighted by atomic mass is 127. The topological polar surface area (TPSA) is 49.8 Å². The lowest BCUT2D eigenvalue weighted by molar-refractivity contribution is -0.154. The van der Waals surface area contributed by atoms with E-state index in [1.165, 1.54) is 6.20 Å². The second kappa shape index (κ2) is 9.90. The van der Waals surface area contributed by atoms with E-state index >= 15 is 0 Å². The van der Waals surface area contributed by atoms with E-state index in [4.69, 9.17) is 4.74 Å². The van der Waals surface area contributed by atoms with Crippen LogP contribution in [0.5, 0.6) is 5.88 Å². The number of halogens is 4. The van der Waals surface area contributed by atoms with Crippen molar-refractivity contribution in [2.24, 2.45) is 4.99 Å². The van der Waals surface area contributed by atoms with Crippen LogP contribution in [0.15, 0.2) is 23.3 Å². The number of aliphatic imine (C=N–C) groups is 1. The second-order valence-electron chi connectivity index (χ2n) is 5.24. The summed E-state index contributed by atoms with van der Waals surface area (Å²) >= 11 is 0. The van der Waals surface area contributed by atoms with Gasteiger partial charge < -0.3 is 15.0 Å². The van der Waals surface area contributed by atoms with Crippen LogP contribution in [0.4, 0.5) is 13.2 Å². The van der Waals surface area contributed by atoms with Crippen molar-refractivity contribution in [1.82, 2.24) is 15.2 Å². The average Bonchev–Trinajstić information content (AvgIpc) is 3.03. The molecule has 1 aromatic heterocycles. The summed E-state index contributed by atoms with van der Waals surface area (Å²) in [7, 11) is 0. The van der Waals surface area contributed by atoms with Crippen LogP contribution in [0, 0.1) is 0 Å². The van der Waals surface area contributed by atoms with Gasteiger partial charge in [0.15, 0.2) is 12.6 Å². The molecule has 2 rings (SSSR count). The van der Waals surface area contributed by atoms with Gasteiger partial charge in [0.25, 0.3) is 0 Å². The predicted molar refractivity (Wildman–Crippen MR) is 96.8 cm³/mol. The molecule has 0 atom stereocenters. The first-order valence-electron chi connectivity index (χ1n) is 7.66. The first kappa shape index (κ1) is 20.8. The van der Waals surface area contributed by atoms with Crippen molar-refractivity contribution in [3.63, 3.8) is 0 Å². The van der Waals surface area contributed by atoms with Gasteiger partial charge in [-0.1, -0.05) is 6.07 Å². The van der Waals surface area contributed by atoms with Gasteiger partial charge in [0.2, 0.25) is 5.88 Å². The van der Waals surface area contributed by atoms with Crippen molar-refractivity contribution >= 4 is 29.9 Å². The third-order valence-electron chi connectivity index (χ3n) is 3.36. The van der Waals surface area contributed by atoms with Crippen LogP contribution < -0.4 is 10.1 Å². The molecule has 0 radical (unpaired) electrons. The Labute approximate surface area is 156 Å². The fourth-order valence-corrected chi connectivity index (χ4v) is 2.34. The Morgan fingerprint density at radius 1 is 1.38 bits per heavy atom. The van der Waals surface area contributed by atoms with Gasteiger partial charge in [-0.2, -0.15) is 13.2 Å². The first-order valence-corrected chi connectivity index (χ1v) is 7.66. The molecule has 1 fully saturated rings. The zero-order chi connectivity index (χ0) is 16.7. The molecule has 2 heterocycles. The van der Waals surface area contributed by atoms with Gasteiger partial charge in [-0.25, -0.2) is 9.98 Å². The number of ether oxygens (including phenoxy) is 1. The van der Waals surface area contributed by atoms with Gasteiger partial charge in [-0.15, -0.1) is 24.0 Å². The lowest BCUT2D eigenvalue weighted by atomic mass is 10.3. The molecule has 0 bridgehead atoms. The van der Waals surface area contributed by atoms with Crippen molar-refractivity contribution in [1.29, 1.82) is 0 Å². The van der Waals surface area contributed by atoms with Gasteiger partial charge in [0.1, 0.15) is 0 Å². The number of nitrogens with zero attached hydrogens (tertiary/aromatic N) is 3. The molecule has 0 spiro atoms. The summed E-state index contributed by atoms with van der Waals surface area (Å²) in [6.45, 7) is 3.47. The summed E-state index contributed by atoms with van der Waals surface area (Å²) in [5.41, 5.74) is 0.534. The monoisotopic (exact) mass is 458 g/mol. The Balaban J connectivity index is 0.00000288. The second-order valence-corrected chi connectivity index (χ2v) is 5.24. The Morgan fingerprint density at radius 3 is 2.71 bits per heavy atom. The normalized spacial score (nSPS) is 15.2. The molecule has 0 aliphatic carbocycles. The SMILES string of the molecule is CCNC(=NCc1cccnc1OCC(F)(F)F)N1CCCC1.I. The van der Waals surface area contributed by atoms with Crippen LogP contribution in [0.1, 0.15) is 25.3 Å². The molecule has 1 aliphatic heterocycles. The van der Waals surface area contributed by atoms with Crippen molar-refractivity contribution in [3.05, 3.63) is 23.9 Å². The molecule has 1 aromatic rings. The fraction of sp³-hybridized carbons (Fsp3) is 0.600. The molecular formula is C15H22F3IN4O. The van der Waals surface area contributed by atoms with Crippen LogP contribution in [0.3, 0.4) is 0 Å². The first-order chi connectivity index (χ1) is 11.0. The highest BCUT2D eigenvalue weighted by Crippen LogP contribution is 2.20. The number of hydrogen-bond donors (Lipinski definition) is 1. The Morgan fingerprint density at radius 2 is 2.08 bits per heavy atom. The molecule has 9 heteroatoms. The molecule has 1 N–H and O–H groups in total. The molecule has 0 unspecified atom stereocenters. The minimum atomic E-state index is -4.39. The van der Waals surface area contributed by atoms with E-state index in [1.54, 1.807) is 12.1 Å². The molecule has 0 aromatic carbocycles. The minimum Gasteiger partial charge on any atom is -0.468 e. The highest BCUT2D eigenvalue weighted by Gasteiger charge is 2.29. The van der Waals surface area contributed by atoms with Crippen molar-refractivity contribution in [2.75, 3.05) is 26.2 Å². The van der Waals surface area contributed by atoms with E-state index in [2.05, 4.69) is 20.2 Å². The van der Waals surface area contributed by atoms with Gasteiger partial charge >= 0.3 is 6.18 Å². The van der Waals surface area contributed by atoms with Gasteiger partial charge in [0.05, 0.1) is 6.54 Å². The number of hydrogen-bond acceptors (Lipinski definition) is 3. The van der Waals surface area contributed by atoms with Crippen LogP contribution in [-0.4, -0.2) is 48.3 Å². The van der Waals surface area contributed by atoms with E-state index in [0.29, 0.717) is 5.56 Å². The summed E-state index contributed by atoms with van der Waals surface area (Å²) in [6.07, 6.45) is -0.734. The molecular weight excluding hydrogens is 436 g/mol. The maximum Gasteiger partial charge on any atom is 0.422 e. The maximum absolute atomic E-state index is 12.3. The van der Waals surface area contributed by atoms with Crippen molar-refractivity contribution in [2.45, 2.75) is 32.5 Å². The number of likely N-dealkylation sites (tertiary alicyclic amines) is 1. The summed E-state index contributed by atoms with van der Waals surface area (Å²) in [5.74, 6) is 0.751. The lowest BCUT2D eigenvalue weighted by Crippen LogP contribution is -2.39. The summed E-state index contributed by atoms with van der Waals surface area (Å²) in [5, 5.41) is 3.21. The number of nitrogens with one attached hydrogen (secondary N) is 1. The number of guanidine groups is 1. The van der Waals surface area contributed by atoms with Crippen molar-refractivity contribution < 1.29 is 17.9 Å². The number of rotatable bonds is 5. The molecule has 0 saturated carbocycles. The van der Waals surface area contributed by atoms with Gasteiger partial charge in [-0.05, 0) is 25.8 Å². The third-order valence-corrected chi connectivity index (χ3v) is 3.36. The standard InChI is InChI=1S/C15H21F3N4O.HI/c1-2-19-14(22-8-3-4-9-22)21-10-12-6-5-7-20-13(12)23-11-15(16,17)18;/h5-7H,2-4,8-11H2,1H3,(H,19,21);1H. The Kier molecular flexibility index (Phi) is 8.57. The fourth-order valence-electron chi connectivity index (χ4n) is 2.34. The predicted octanol–water partition coefficient (Wildman–Crippen LogP) is 3.20. The molecule has 5 nitrogen and oxygen atoms in total. The van der Waals surface area contributed by atoms with Crippen LogP contribution in [0.25, 0.3) is 0 Å². The third kappa shape index (κ3) is 6.70. The highest BCUT2D eigenvalue weighted by molar-refractivity contribution is 14.0. The zero-order valence-corrected chi connectivity index (χ0v) is 15.8. The molecule has 136 valence electrons. The van der Waals surface area contributed by atoms with E-state index in [1.807, 2.05) is 6.92 Å². The van der Waals surface area contributed by atoms with E-state index in [9.17, 15) is 13.2 Å². The maximum atomic E-state index is 12.3. The lowest BCUT2D eigenvalue weighted by Gasteiger charge is -2.20. The van der Waals surface area contributed by atoms with Crippen LogP contribution in [0.2, 0.25) is 0 Å². The Hall–Kier alpha value is -1.26. The van der Waals surface area contributed by atoms with E-state index < -0.39 is 12.8 Å². The van der Waals surface area contributed by atoms with E-state index in [-0.39, 0.29) is 36.4 Å². The average molecular weight is 458 g/mol. The smallest absolute Gasteiger partial charge is 0.422 e. The number of pyridine rings is 1. The zero-order valence-electron chi connectivity index (χ0n) is 13.5. The minimum absolute atomic E-state index is 0. The van der Waals surface area contributed by atoms with E-state index in [0.717, 1.165) is 38.4 Å². The van der Waals surface area contributed by atoms with Gasteiger partial charge in [0, 0.05) is 31.4 Å². The molecule has 0 amide bonds. The summed E-state index contributed by atoms with van der Waals surface area (Å²) < 4.78 is 41.7. The number of aromatic nitrogens is 1.